The van der Waals surface area contributed by atoms with Gasteiger partial charge in [0, 0.05) is 35.7 Å². The van der Waals surface area contributed by atoms with Crippen molar-refractivity contribution in [3.63, 3.8) is 0 Å². The van der Waals surface area contributed by atoms with Crippen molar-refractivity contribution < 1.29 is 46.6 Å². The van der Waals surface area contributed by atoms with Crippen LogP contribution in [-0.4, -0.2) is 81.0 Å². The Balaban J connectivity index is 1.15. The fourth-order valence-electron chi connectivity index (χ4n) is 7.24. The lowest BCUT2D eigenvalue weighted by molar-refractivity contribution is -0.231. The number of halogens is 4. The van der Waals surface area contributed by atoms with Gasteiger partial charge in [-0.25, -0.2) is 9.78 Å². The molecule has 6 rings (SSSR count). The largest absolute Gasteiger partial charge is 0.477 e. The van der Waals surface area contributed by atoms with Crippen LogP contribution in [0.4, 0.5) is 23.2 Å². The second kappa shape index (κ2) is 17.8. The zero-order valence-corrected chi connectivity index (χ0v) is 32.0. The van der Waals surface area contributed by atoms with Gasteiger partial charge in [0.2, 0.25) is 23.5 Å². The fourth-order valence-corrected chi connectivity index (χ4v) is 7.24. The molecule has 312 valence electrons. The number of alkyl halides is 4. The lowest BCUT2D eigenvalue weighted by Gasteiger charge is -2.28. The lowest BCUT2D eigenvalue weighted by atomic mass is 9.81. The molecule has 14 nitrogen and oxygen atoms in total. The highest BCUT2D eigenvalue weighted by Gasteiger charge is 2.65. The number of nitrogens with zero attached hydrogens (tertiary/aromatic N) is 2. The number of carboxylic acid groups (broad SMARTS) is 1. The predicted octanol–water partition coefficient (Wildman–Crippen LogP) is 4.70. The maximum Gasteiger partial charge on any atom is 0.411 e. The first kappa shape index (κ1) is 42.4. The molecule has 0 unspecified atom stereocenters. The summed E-state index contributed by atoms with van der Waals surface area (Å²) in [5.74, 6) is -17.0. The number of hydrogen-bond acceptors (Lipinski definition) is 8. The summed E-state index contributed by atoms with van der Waals surface area (Å²) >= 11 is 0. The summed E-state index contributed by atoms with van der Waals surface area (Å²) in [5, 5.41) is 25.0. The Morgan fingerprint density at radius 1 is 0.932 bits per heavy atom. The lowest BCUT2D eigenvalue weighted by Crippen LogP contribution is -2.50. The topological polar surface area (TPSA) is 221 Å². The van der Waals surface area contributed by atoms with E-state index in [1.807, 2.05) is 37.3 Å². The average Bonchev–Trinajstić information content (AvgIpc) is 3.73. The summed E-state index contributed by atoms with van der Waals surface area (Å²) < 4.78 is 55.9. The maximum absolute atomic E-state index is 14.2. The molecule has 8 N–H and O–H groups in total. The van der Waals surface area contributed by atoms with Gasteiger partial charge in [0.1, 0.15) is 12.1 Å². The third-order valence-electron chi connectivity index (χ3n) is 10.8. The molecule has 4 amide bonds. The van der Waals surface area contributed by atoms with Gasteiger partial charge in [-0.2, -0.15) is 22.7 Å². The molecule has 1 saturated carbocycles. The molecule has 1 aliphatic carbocycles. The maximum atomic E-state index is 14.2. The number of H-pyrrole nitrogens is 1. The van der Waals surface area contributed by atoms with E-state index in [1.54, 1.807) is 17.2 Å². The molecule has 0 spiro atoms. The van der Waals surface area contributed by atoms with Crippen LogP contribution in [0.1, 0.15) is 65.8 Å². The van der Waals surface area contributed by atoms with Crippen LogP contribution in [0, 0.1) is 18.8 Å². The van der Waals surface area contributed by atoms with E-state index in [4.69, 9.17) is 10.8 Å². The number of amides is 4. The first-order valence-electron chi connectivity index (χ1n) is 19.2. The molecule has 1 aliphatic heterocycles. The van der Waals surface area contributed by atoms with Crippen LogP contribution >= 0.6 is 0 Å². The number of nitrogens with one attached hydrogen (secondary N) is 5. The molecule has 2 heterocycles. The number of hydrogen-bond donors (Lipinski definition) is 7. The summed E-state index contributed by atoms with van der Waals surface area (Å²) in [6.07, 6.45) is 4.35. The number of benzene rings is 3. The number of nitrogens with two attached hydrogens (primary N) is 1. The van der Waals surface area contributed by atoms with Gasteiger partial charge in [-0.05, 0) is 117 Å². The molecule has 2 atom stereocenters. The fraction of sp³-hybridized carbons (Fsp3) is 0.390. The number of rotatable bonds is 14. The van der Waals surface area contributed by atoms with Gasteiger partial charge in [-0.15, -0.1) is 0 Å². The van der Waals surface area contributed by atoms with Gasteiger partial charge in [0.25, 0.3) is 5.91 Å². The Kier molecular flexibility index (Phi) is 12.8. The molecule has 0 bridgehead atoms. The molecule has 2 fully saturated rings. The first-order chi connectivity index (χ1) is 28.1. The van der Waals surface area contributed by atoms with Crippen molar-refractivity contribution in [2.75, 3.05) is 18.4 Å². The normalized spacial score (nSPS) is 18.9. The van der Waals surface area contributed by atoms with Crippen LogP contribution in [0.2, 0.25) is 0 Å². The van der Waals surface area contributed by atoms with Gasteiger partial charge >= 0.3 is 17.8 Å². The van der Waals surface area contributed by atoms with Gasteiger partial charge in [0.05, 0.1) is 0 Å². The number of aromatic nitrogens is 3. The van der Waals surface area contributed by atoms with Crippen LogP contribution < -0.4 is 27.0 Å². The first-order valence-corrected chi connectivity index (χ1v) is 19.2. The van der Waals surface area contributed by atoms with Gasteiger partial charge in [-0.3, -0.25) is 24.3 Å². The number of carboxylic acids is 1. The molecule has 18 heteroatoms. The van der Waals surface area contributed by atoms with E-state index >= 15 is 0 Å². The van der Waals surface area contributed by atoms with Gasteiger partial charge < -0.3 is 32.1 Å². The minimum absolute atomic E-state index is 0.0968. The highest BCUT2D eigenvalue weighted by Crippen LogP contribution is 2.42. The van der Waals surface area contributed by atoms with Crippen molar-refractivity contribution in [2.45, 2.75) is 75.8 Å². The van der Waals surface area contributed by atoms with Crippen LogP contribution in [0.25, 0.3) is 22.5 Å². The van der Waals surface area contributed by atoms with Crippen LogP contribution in [0.5, 0.6) is 0 Å². The van der Waals surface area contributed by atoms with E-state index in [0.29, 0.717) is 43.8 Å². The molecule has 59 heavy (non-hydrogen) atoms. The van der Waals surface area contributed by atoms with Crippen LogP contribution in [0.15, 0.2) is 66.7 Å². The molecular formula is C41H44F4N8O6. The number of anilines is 1. The minimum atomic E-state index is -5.45. The Labute approximate surface area is 336 Å². The monoisotopic (exact) mass is 820 g/mol. The third kappa shape index (κ3) is 9.59. The number of aryl methyl sites for hydroxylation is 1. The molecule has 2 aliphatic rings. The number of carbonyl (C=O) groups is 5. The van der Waals surface area contributed by atoms with Crippen molar-refractivity contribution in [1.82, 2.24) is 31.1 Å². The van der Waals surface area contributed by atoms with E-state index in [9.17, 15) is 41.5 Å². The van der Waals surface area contributed by atoms with E-state index < -0.39 is 47.5 Å². The van der Waals surface area contributed by atoms with E-state index in [0.717, 1.165) is 41.5 Å². The zero-order chi connectivity index (χ0) is 42.5. The molecule has 4 aromatic rings. The molecule has 0 radical (unpaired) electrons. The molecule has 1 saturated heterocycles. The Morgan fingerprint density at radius 3 is 2.24 bits per heavy atom. The van der Waals surface area contributed by atoms with Crippen LogP contribution in [0.3, 0.4) is 0 Å². The Morgan fingerprint density at radius 2 is 1.61 bits per heavy atom. The standard InChI is InChI=1S/C41H44F4N8O6/c1-22-19-28(35(55)49-31-3-2-18-47-36(31)56)14-17-30(22)25-8-4-23(5-9-25)20-32(50-34(54)27-10-6-24(21-46)7-11-27)37(57)48-29-15-12-26(13-16-29)33-51-38(53-52-33)40(42,43)41(44,45)39(58)59/h4-5,8-9,12-17,19,24,27,31-32H,2-3,6-7,10-11,18,20-21,46H2,1H3,(H,47,56)(H,48,57)(H,49,55)(H,50,54)(H,58,59)(H,51,52,53)/t24?,27?,31-,32+/m1/s1. The van der Waals surface area contributed by atoms with E-state index in [2.05, 4.69) is 31.3 Å². The second-order valence-electron chi connectivity index (χ2n) is 14.9. The van der Waals surface area contributed by atoms with Crippen molar-refractivity contribution in [2.24, 2.45) is 17.6 Å². The molecule has 3 aromatic carbocycles. The predicted molar refractivity (Wildman–Crippen MR) is 207 cm³/mol. The average molecular weight is 821 g/mol. The number of aliphatic carboxylic acids is 1. The Bertz CT molecular complexity index is 2190. The summed E-state index contributed by atoms with van der Waals surface area (Å²) in [6, 6.07) is 16.6. The van der Waals surface area contributed by atoms with Crippen LogP contribution in [-0.2, 0) is 31.5 Å². The third-order valence-corrected chi connectivity index (χ3v) is 10.8. The summed E-state index contributed by atoms with van der Waals surface area (Å²) in [4.78, 5) is 66.4. The van der Waals surface area contributed by atoms with E-state index in [1.165, 1.54) is 24.3 Å². The van der Waals surface area contributed by atoms with Gasteiger partial charge in [0.15, 0.2) is 5.82 Å². The molecular weight excluding hydrogens is 776 g/mol. The smallest absolute Gasteiger partial charge is 0.411 e. The molecule has 1 aromatic heterocycles. The SMILES string of the molecule is Cc1cc(C(=O)N[C@@H]2CCCNC2=O)ccc1-c1ccc(C[C@H](NC(=O)C2CCC(CN)CC2)C(=O)Nc2ccc(-c3n[nH]c(C(F)(F)C(F)(F)C(=O)O)n3)cc2)cc1. The number of piperidine rings is 1. The summed E-state index contributed by atoms with van der Waals surface area (Å²) in [7, 11) is 0. The van der Waals surface area contributed by atoms with Gasteiger partial charge in [-0.1, -0.05) is 30.3 Å². The second-order valence-corrected chi connectivity index (χ2v) is 14.9. The highest BCUT2D eigenvalue weighted by atomic mass is 19.3. The van der Waals surface area contributed by atoms with Crippen molar-refractivity contribution >= 4 is 35.3 Å². The highest BCUT2D eigenvalue weighted by molar-refractivity contribution is 5.99. The number of aromatic amines is 1. The summed E-state index contributed by atoms with van der Waals surface area (Å²) in [5.41, 5.74) is 9.90. The quantitative estimate of drug-likeness (QED) is 0.0876. The minimum Gasteiger partial charge on any atom is -0.477 e. The zero-order valence-electron chi connectivity index (χ0n) is 32.0. The van der Waals surface area contributed by atoms with E-state index in [-0.39, 0.29) is 41.3 Å². The van der Waals surface area contributed by atoms with Crippen molar-refractivity contribution in [3.05, 3.63) is 89.2 Å². The Hall–Kier alpha value is -6.17. The van der Waals surface area contributed by atoms with Crippen molar-refractivity contribution in [1.29, 1.82) is 0 Å². The van der Waals surface area contributed by atoms with Crippen molar-refractivity contribution in [3.8, 4) is 22.5 Å². The number of carbonyl (C=O) groups excluding carboxylic acids is 4. The summed E-state index contributed by atoms with van der Waals surface area (Å²) in [6.45, 7) is 3.01.